The van der Waals surface area contributed by atoms with Gasteiger partial charge in [0.2, 0.25) is 0 Å². The zero-order valence-electron chi connectivity index (χ0n) is 13.4. The van der Waals surface area contributed by atoms with Crippen molar-refractivity contribution in [2.45, 2.75) is 38.8 Å². The van der Waals surface area contributed by atoms with Crippen molar-refractivity contribution in [2.24, 2.45) is 10.9 Å². The van der Waals surface area contributed by atoms with Crippen molar-refractivity contribution in [3.05, 3.63) is 0 Å². The first kappa shape index (κ1) is 21.8. The Kier molecular flexibility index (Phi) is 11.2. The smallest absolute Gasteiger partial charge is 0.357 e. The molecule has 4 nitrogen and oxygen atoms in total. The molecule has 0 saturated carbocycles. The highest BCUT2D eigenvalue weighted by Crippen LogP contribution is 2.19. The molecule has 0 aromatic carbocycles. The third-order valence-electron chi connectivity index (χ3n) is 3.69. The highest BCUT2D eigenvalue weighted by Gasteiger charge is 2.26. The van der Waals surface area contributed by atoms with E-state index in [-0.39, 0.29) is 30.5 Å². The predicted octanol–water partition coefficient (Wildman–Crippen LogP) is 2.84. The molecule has 0 aromatic heterocycles. The molecule has 0 unspecified atom stereocenters. The van der Waals surface area contributed by atoms with Gasteiger partial charge in [0.1, 0.15) is 0 Å². The summed E-state index contributed by atoms with van der Waals surface area (Å²) in [7, 11) is 2.13. The zero-order chi connectivity index (χ0) is 15.7. The van der Waals surface area contributed by atoms with E-state index in [1.807, 2.05) is 6.92 Å². The first-order chi connectivity index (χ1) is 9.90. The molecule has 1 rings (SSSR count). The molecule has 2 N–H and O–H groups in total. The van der Waals surface area contributed by atoms with Crippen molar-refractivity contribution in [1.29, 1.82) is 0 Å². The Morgan fingerprint density at radius 3 is 2.41 bits per heavy atom. The van der Waals surface area contributed by atoms with Crippen LogP contribution in [0.3, 0.4) is 0 Å². The number of hydrogen-bond donors (Lipinski definition) is 2. The first-order valence-electron chi connectivity index (χ1n) is 7.68. The van der Waals surface area contributed by atoms with Crippen molar-refractivity contribution >= 4 is 29.9 Å². The number of hydrogen-bond acceptors (Lipinski definition) is 2. The van der Waals surface area contributed by atoms with Crippen LogP contribution in [0.2, 0.25) is 0 Å². The summed E-state index contributed by atoms with van der Waals surface area (Å²) in [5.74, 6) is 1.16. The summed E-state index contributed by atoms with van der Waals surface area (Å²) in [6.45, 7) is 5.32. The third-order valence-corrected chi connectivity index (χ3v) is 3.69. The summed E-state index contributed by atoms with van der Waals surface area (Å²) < 4.78 is 36.3. The largest absolute Gasteiger partial charge is 0.390 e. The first-order valence-corrected chi connectivity index (χ1v) is 7.68. The van der Waals surface area contributed by atoms with Gasteiger partial charge in [0.25, 0.3) is 0 Å². The second-order valence-corrected chi connectivity index (χ2v) is 5.59. The van der Waals surface area contributed by atoms with Gasteiger partial charge in [-0.1, -0.05) is 0 Å². The maximum atomic E-state index is 12.1. The van der Waals surface area contributed by atoms with Gasteiger partial charge in [-0.05, 0) is 52.2 Å². The second-order valence-electron chi connectivity index (χ2n) is 5.59. The SMILES string of the molecule is CCNC(=NCCC1CCN(C)CC1)NCCC(F)(F)F.I. The van der Waals surface area contributed by atoms with Crippen molar-refractivity contribution in [3.8, 4) is 0 Å². The third kappa shape index (κ3) is 10.5. The molecular weight excluding hydrogens is 408 g/mol. The fourth-order valence-electron chi connectivity index (χ4n) is 2.37. The Bertz CT molecular complexity index is 316. The molecule has 1 heterocycles. The molecule has 22 heavy (non-hydrogen) atoms. The predicted molar refractivity (Wildman–Crippen MR) is 94.9 cm³/mol. The number of halogens is 4. The normalized spacial score (nSPS) is 18.0. The van der Waals surface area contributed by atoms with E-state index in [0.717, 1.165) is 19.5 Å². The molecule has 0 bridgehead atoms. The minimum Gasteiger partial charge on any atom is -0.357 e. The lowest BCUT2D eigenvalue weighted by atomic mass is 9.94. The number of piperidine rings is 1. The lowest BCUT2D eigenvalue weighted by Gasteiger charge is -2.28. The Labute approximate surface area is 148 Å². The Balaban J connectivity index is 0.00000441. The zero-order valence-corrected chi connectivity index (χ0v) is 15.7. The number of nitrogens with one attached hydrogen (secondary N) is 2. The van der Waals surface area contributed by atoms with Crippen molar-refractivity contribution in [3.63, 3.8) is 0 Å². The summed E-state index contributed by atoms with van der Waals surface area (Å²) in [5.41, 5.74) is 0. The van der Waals surface area contributed by atoms with Gasteiger partial charge < -0.3 is 15.5 Å². The van der Waals surface area contributed by atoms with Crippen molar-refractivity contribution in [1.82, 2.24) is 15.5 Å². The van der Waals surface area contributed by atoms with Crippen LogP contribution < -0.4 is 10.6 Å². The number of nitrogens with zero attached hydrogens (tertiary/aromatic N) is 2. The van der Waals surface area contributed by atoms with Gasteiger partial charge in [0, 0.05) is 19.6 Å². The molecule has 0 atom stereocenters. The molecule has 1 saturated heterocycles. The lowest BCUT2D eigenvalue weighted by molar-refractivity contribution is -0.132. The molecule has 1 aliphatic heterocycles. The maximum absolute atomic E-state index is 12.1. The van der Waals surface area contributed by atoms with E-state index in [4.69, 9.17) is 0 Å². The average Bonchev–Trinajstić information content (AvgIpc) is 2.39. The molecule has 1 fully saturated rings. The number of guanidine groups is 1. The van der Waals surface area contributed by atoms with Gasteiger partial charge in [0.05, 0.1) is 6.42 Å². The summed E-state index contributed by atoms with van der Waals surface area (Å²) in [6, 6.07) is 0. The Hall–Kier alpha value is -0.250. The topological polar surface area (TPSA) is 39.7 Å². The van der Waals surface area contributed by atoms with E-state index in [9.17, 15) is 13.2 Å². The number of likely N-dealkylation sites (tertiary alicyclic amines) is 1. The highest BCUT2D eigenvalue weighted by molar-refractivity contribution is 14.0. The number of alkyl halides is 3. The number of aliphatic imine (C=N–C) groups is 1. The van der Waals surface area contributed by atoms with Crippen molar-refractivity contribution in [2.75, 3.05) is 39.8 Å². The summed E-state index contributed by atoms with van der Waals surface area (Å²) >= 11 is 0. The van der Waals surface area contributed by atoms with E-state index in [1.165, 1.54) is 12.8 Å². The minimum absolute atomic E-state index is 0. The fourth-order valence-corrected chi connectivity index (χ4v) is 2.37. The molecule has 0 aliphatic carbocycles. The van der Waals surface area contributed by atoms with E-state index in [1.54, 1.807) is 0 Å². The molecule has 0 spiro atoms. The molecule has 132 valence electrons. The average molecular weight is 436 g/mol. The van der Waals surface area contributed by atoms with Gasteiger partial charge in [0.15, 0.2) is 5.96 Å². The van der Waals surface area contributed by atoms with Crippen LogP contribution in [0.25, 0.3) is 0 Å². The molecule has 1 aliphatic rings. The second kappa shape index (κ2) is 11.3. The van der Waals surface area contributed by atoms with Gasteiger partial charge >= 0.3 is 6.18 Å². The standard InChI is InChI=1S/C14H27F3N4.HI/c1-3-18-13(20-9-7-14(15,16)17)19-8-4-12-5-10-21(2)11-6-12;/h12H,3-11H2,1-2H3,(H2,18,19,20);1H. The molecule has 0 radical (unpaired) electrons. The summed E-state index contributed by atoms with van der Waals surface area (Å²) in [5, 5.41) is 5.71. The van der Waals surface area contributed by atoms with Gasteiger partial charge in [-0.3, -0.25) is 4.99 Å². The monoisotopic (exact) mass is 436 g/mol. The summed E-state index contributed by atoms with van der Waals surface area (Å²) in [6.07, 6.45) is -1.59. The lowest BCUT2D eigenvalue weighted by Crippen LogP contribution is -2.39. The van der Waals surface area contributed by atoms with Crippen LogP contribution in [0.1, 0.15) is 32.6 Å². The van der Waals surface area contributed by atoms with Crippen LogP contribution in [-0.2, 0) is 0 Å². The van der Waals surface area contributed by atoms with E-state index in [0.29, 0.717) is 25.0 Å². The van der Waals surface area contributed by atoms with Gasteiger partial charge in [-0.25, -0.2) is 0 Å². The van der Waals surface area contributed by atoms with Crippen LogP contribution in [0.4, 0.5) is 13.2 Å². The van der Waals surface area contributed by atoms with Crippen LogP contribution in [0.15, 0.2) is 4.99 Å². The van der Waals surface area contributed by atoms with Crippen LogP contribution in [-0.4, -0.2) is 56.8 Å². The van der Waals surface area contributed by atoms with Crippen molar-refractivity contribution < 1.29 is 13.2 Å². The molecular formula is C14H28F3IN4. The van der Waals surface area contributed by atoms with E-state index < -0.39 is 12.6 Å². The van der Waals surface area contributed by atoms with E-state index >= 15 is 0 Å². The van der Waals surface area contributed by atoms with Crippen LogP contribution in [0.5, 0.6) is 0 Å². The number of rotatable bonds is 6. The Morgan fingerprint density at radius 1 is 1.23 bits per heavy atom. The molecule has 0 amide bonds. The maximum Gasteiger partial charge on any atom is 0.390 e. The summed E-state index contributed by atoms with van der Waals surface area (Å²) in [4.78, 5) is 6.68. The quantitative estimate of drug-likeness (QED) is 0.382. The van der Waals surface area contributed by atoms with Gasteiger partial charge in [-0.2, -0.15) is 13.2 Å². The minimum atomic E-state index is -4.13. The molecule has 8 heteroatoms. The Morgan fingerprint density at radius 2 is 1.86 bits per heavy atom. The van der Waals surface area contributed by atoms with Gasteiger partial charge in [-0.15, -0.1) is 24.0 Å². The van der Waals surface area contributed by atoms with Crippen LogP contribution in [0, 0.1) is 5.92 Å². The van der Waals surface area contributed by atoms with Crippen LogP contribution >= 0.6 is 24.0 Å². The highest BCUT2D eigenvalue weighted by atomic mass is 127. The molecule has 0 aromatic rings. The fraction of sp³-hybridized carbons (Fsp3) is 0.929. The van der Waals surface area contributed by atoms with E-state index in [2.05, 4.69) is 27.6 Å².